The highest BCUT2D eigenvalue weighted by atomic mass is 32.1. The lowest BCUT2D eigenvalue weighted by atomic mass is 10.2. The Hall–Kier alpha value is -1.43. The molecule has 0 aromatic carbocycles. The van der Waals surface area contributed by atoms with Crippen molar-refractivity contribution in [2.24, 2.45) is 7.05 Å². The largest absolute Gasteiger partial charge is 0.352 e. The predicted octanol–water partition coefficient (Wildman–Crippen LogP) is 1.44. The normalized spacial score (nSPS) is 12.7. The fraction of sp³-hybridized carbons (Fsp3) is 0.375. The van der Waals surface area contributed by atoms with Gasteiger partial charge in [0.2, 0.25) is 5.13 Å². The highest BCUT2D eigenvalue weighted by molar-refractivity contribution is 7.13. The Bertz CT molecular complexity index is 394. The van der Waals surface area contributed by atoms with Gasteiger partial charge in [-0.15, -0.1) is 10.2 Å². The highest BCUT2D eigenvalue weighted by Crippen LogP contribution is 2.18. The molecule has 0 saturated heterocycles. The van der Waals surface area contributed by atoms with Crippen LogP contribution >= 0.6 is 11.3 Å². The van der Waals surface area contributed by atoms with Gasteiger partial charge in [-0.2, -0.15) is 5.10 Å². The van der Waals surface area contributed by atoms with E-state index >= 15 is 0 Å². The molecule has 14 heavy (non-hydrogen) atoms. The molecule has 0 radical (unpaired) electrons. The minimum atomic E-state index is 0.190. The lowest BCUT2D eigenvalue weighted by Gasteiger charge is -2.12. The second-order valence-electron chi connectivity index (χ2n) is 2.99. The van der Waals surface area contributed by atoms with E-state index in [2.05, 4.69) is 27.5 Å². The number of hydrogen-bond acceptors (Lipinski definition) is 5. The summed E-state index contributed by atoms with van der Waals surface area (Å²) >= 11 is 1.49. The summed E-state index contributed by atoms with van der Waals surface area (Å²) in [4.78, 5) is 0. The second kappa shape index (κ2) is 3.75. The van der Waals surface area contributed by atoms with Crippen molar-refractivity contribution in [3.63, 3.8) is 0 Å². The summed E-state index contributed by atoms with van der Waals surface area (Å²) in [5.41, 5.74) is 2.83. The zero-order valence-corrected chi connectivity index (χ0v) is 8.82. The van der Waals surface area contributed by atoms with E-state index < -0.39 is 0 Å². The van der Waals surface area contributed by atoms with Crippen molar-refractivity contribution < 1.29 is 0 Å². The van der Waals surface area contributed by atoms with Crippen molar-refractivity contribution in [3.05, 3.63) is 23.5 Å². The van der Waals surface area contributed by atoms with Crippen LogP contribution in [-0.2, 0) is 7.05 Å². The van der Waals surface area contributed by atoms with E-state index in [0.29, 0.717) is 0 Å². The Morgan fingerprint density at radius 1 is 1.57 bits per heavy atom. The van der Waals surface area contributed by atoms with Crippen LogP contribution in [0.2, 0.25) is 0 Å². The van der Waals surface area contributed by atoms with Gasteiger partial charge in [-0.1, -0.05) is 11.3 Å². The Labute approximate surface area is 85.8 Å². The van der Waals surface area contributed by atoms with Crippen LogP contribution in [0.15, 0.2) is 17.8 Å². The lowest BCUT2D eigenvalue weighted by Crippen LogP contribution is -2.11. The summed E-state index contributed by atoms with van der Waals surface area (Å²) in [7, 11) is 1.92. The standard InChI is InChI=1S/C8H11N5S/c1-6(7-3-4-10-13(7)2)11-8-12-9-5-14-8/h3-6H,1-2H3,(H,11,12). The molecule has 1 atom stereocenters. The number of nitrogens with zero attached hydrogens (tertiary/aromatic N) is 4. The van der Waals surface area contributed by atoms with Crippen LogP contribution in [0.5, 0.6) is 0 Å². The maximum absolute atomic E-state index is 4.11. The third-order valence-corrected chi connectivity index (χ3v) is 2.62. The first-order valence-corrected chi connectivity index (χ1v) is 5.16. The van der Waals surface area contributed by atoms with Crippen LogP contribution in [0.25, 0.3) is 0 Å². The molecule has 0 saturated carbocycles. The molecule has 0 bridgehead atoms. The molecule has 5 nitrogen and oxygen atoms in total. The highest BCUT2D eigenvalue weighted by Gasteiger charge is 2.09. The second-order valence-corrected chi connectivity index (χ2v) is 3.82. The molecule has 1 unspecified atom stereocenters. The minimum absolute atomic E-state index is 0.190. The van der Waals surface area contributed by atoms with Gasteiger partial charge < -0.3 is 5.32 Å². The number of aromatic nitrogens is 4. The topological polar surface area (TPSA) is 55.6 Å². The molecule has 6 heteroatoms. The third-order valence-electron chi connectivity index (χ3n) is 2.00. The van der Waals surface area contributed by atoms with E-state index in [0.717, 1.165) is 10.8 Å². The van der Waals surface area contributed by atoms with Gasteiger partial charge in [-0.05, 0) is 13.0 Å². The maximum atomic E-state index is 4.11. The molecule has 74 valence electrons. The number of hydrogen-bond donors (Lipinski definition) is 1. The molecule has 0 fully saturated rings. The fourth-order valence-corrected chi connectivity index (χ4v) is 1.84. The zero-order valence-electron chi connectivity index (χ0n) is 8.01. The summed E-state index contributed by atoms with van der Waals surface area (Å²) in [5.74, 6) is 0. The number of anilines is 1. The maximum Gasteiger partial charge on any atom is 0.205 e. The summed E-state index contributed by atoms with van der Waals surface area (Å²) in [5, 5.41) is 15.9. The number of rotatable bonds is 3. The monoisotopic (exact) mass is 209 g/mol. The number of aryl methyl sites for hydroxylation is 1. The van der Waals surface area contributed by atoms with Gasteiger partial charge >= 0.3 is 0 Å². The van der Waals surface area contributed by atoms with Crippen LogP contribution in [0.3, 0.4) is 0 Å². The minimum Gasteiger partial charge on any atom is -0.352 e. The smallest absolute Gasteiger partial charge is 0.205 e. The van der Waals surface area contributed by atoms with Crippen LogP contribution < -0.4 is 5.32 Å². The van der Waals surface area contributed by atoms with Crippen LogP contribution in [0.4, 0.5) is 5.13 Å². The Kier molecular flexibility index (Phi) is 2.45. The van der Waals surface area contributed by atoms with E-state index in [-0.39, 0.29) is 6.04 Å². The van der Waals surface area contributed by atoms with Crippen molar-refractivity contribution in [1.82, 2.24) is 20.0 Å². The molecular weight excluding hydrogens is 198 g/mol. The molecule has 2 rings (SSSR count). The van der Waals surface area contributed by atoms with Gasteiger partial charge in [-0.25, -0.2) is 0 Å². The first-order valence-electron chi connectivity index (χ1n) is 4.28. The van der Waals surface area contributed by atoms with Crippen molar-refractivity contribution in [2.45, 2.75) is 13.0 Å². The van der Waals surface area contributed by atoms with E-state index in [1.165, 1.54) is 11.3 Å². The molecule has 0 spiro atoms. The van der Waals surface area contributed by atoms with Gasteiger partial charge in [0.15, 0.2) is 0 Å². The Morgan fingerprint density at radius 2 is 2.43 bits per heavy atom. The average molecular weight is 209 g/mol. The molecule has 0 aliphatic heterocycles. The molecule has 1 N–H and O–H groups in total. The summed E-state index contributed by atoms with van der Waals surface area (Å²) in [6, 6.07) is 2.18. The molecule has 0 aliphatic carbocycles. The van der Waals surface area contributed by atoms with Crippen LogP contribution in [-0.4, -0.2) is 20.0 Å². The first kappa shape index (κ1) is 9.14. The summed E-state index contributed by atoms with van der Waals surface area (Å²) in [6.45, 7) is 2.07. The third kappa shape index (κ3) is 1.74. The molecular formula is C8H11N5S. The van der Waals surface area contributed by atoms with Gasteiger partial charge in [0.1, 0.15) is 5.51 Å². The van der Waals surface area contributed by atoms with Crippen molar-refractivity contribution in [3.8, 4) is 0 Å². The van der Waals surface area contributed by atoms with Crippen molar-refractivity contribution in [2.75, 3.05) is 5.32 Å². The molecule has 0 aliphatic rings. The quantitative estimate of drug-likeness (QED) is 0.831. The summed E-state index contributed by atoms with van der Waals surface area (Å²) < 4.78 is 1.85. The van der Waals surface area contributed by atoms with E-state index in [1.54, 1.807) is 11.7 Å². The SMILES string of the molecule is CC(Nc1nncs1)c1ccnn1C. The van der Waals surface area contributed by atoms with Gasteiger partial charge in [0, 0.05) is 13.2 Å². The lowest BCUT2D eigenvalue weighted by molar-refractivity contribution is 0.675. The Balaban J connectivity index is 2.10. The number of nitrogens with one attached hydrogen (secondary N) is 1. The molecule has 2 heterocycles. The first-order chi connectivity index (χ1) is 6.77. The average Bonchev–Trinajstić information content (AvgIpc) is 2.75. The van der Waals surface area contributed by atoms with Crippen molar-refractivity contribution in [1.29, 1.82) is 0 Å². The van der Waals surface area contributed by atoms with Gasteiger partial charge in [-0.3, -0.25) is 4.68 Å². The molecule has 2 aromatic heterocycles. The predicted molar refractivity (Wildman–Crippen MR) is 55.2 cm³/mol. The van der Waals surface area contributed by atoms with E-state index in [1.807, 2.05) is 17.8 Å². The van der Waals surface area contributed by atoms with E-state index in [9.17, 15) is 0 Å². The van der Waals surface area contributed by atoms with Crippen molar-refractivity contribution >= 4 is 16.5 Å². The zero-order chi connectivity index (χ0) is 9.97. The molecule has 2 aromatic rings. The van der Waals surface area contributed by atoms with Crippen LogP contribution in [0, 0.1) is 0 Å². The molecule has 0 amide bonds. The fourth-order valence-electron chi connectivity index (χ4n) is 1.30. The van der Waals surface area contributed by atoms with E-state index in [4.69, 9.17) is 0 Å². The van der Waals surface area contributed by atoms with Gasteiger partial charge in [0.25, 0.3) is 0 Å². The van der Waals surface area contributed by atoms with Gasteiger partial charge in [0.05, 0.1) is 11.7 Å². The Morgan fingerprint density at radius 3 is 3.00 bits per heavy atom. The summed E-state index contributed by atoms with van der Waals surface area (Å²) in [6.07, 6.45) is 1.79. The van der Waals surface area contributed by atoms with Crippen LogP contribution in [0.1, 0.15) is 18.7 Å².